The standard InChI is InChI=1S/C22H24I2N7O2/c23-21-28-17(15-9-26-1-3-30(15)21)11-5-13(6-11)19(32)20(33)14-7-12(8-14)18-16-10-27-2-4-31(16,25)22(24)29-18/h1-4,9-14,19-20,32-33H,5-8,25H2/q+1. The van der Waals surface area contributed by atoms with Gasteiger partial charge in [0.05, 0.1) is 64.6 Å². The summed E-state index contributed by atoms with van der Waals surface area (Å²) in [6.07, 6.45) is 12.7. The van der Waals surface area contributed by atoms with Gasteiger partial charge in [-0.05, 0) is 37.5 Å². The number of fused-ring (bicyclic) bond motifs is 2. The molecule has 4 N–H and O–H groups in total. The highest BCUT2D eigenvalue weighted by molar-refractivity contribution is 14.1. The van der Waals surface area contributed by atoms with E-state index in [9.17, 15) is 10.2 Å². The minimum absolute atomic E-state index is 0.0694. The summed E-state index contributed by atoms with van der Waals surface area (Å²) < 4.78 is 3.83. The quantitative estimate of drug-likeness (QED) is 0.196. The molecule has 2 fully saturated rings. The van der Waals surface area contributed by atoms with Gasteiger partial charge < -0.3 is 10.2 Å². The second-order valence-corrected chi connectivity index (χ2v) is 11.4. The minimum Gasteiger partial charge on any atom is -0.390 e. The molecule has 6 rings (SSSR count). The van der Waals surface area contributed by atoms with E-state index in [-0.39, 0.29) is 22.3 Å². The highest BCUT2D eigenvalue weighted by Crippen LogP contribution is 2.50. The van der Waals surface area contributed by atoms with Gasteiger partial charge in [0.2, 0.25) is 5.70 Å². The molecule has 33 heavy (non-hydrogen) atoms. The number of hydrogen-bond acceptors (Lipinski definition) is 7. The van der Waals surface area contributed by atoms with Crippen molar-refractivity contribution in [2.45, 2.75) is 43.8 Å². The first-order valence-corrected chi connectivity index (χ1v) is 13.2. The Kier molecular flexibility index (Phi) is 5.49. The van der Waals surface area contributed by atoms with E-state index in [4.69, 9.17) is 15.8 Å². The maximum atomic E-state index is 10.9. The van der Waals surface area contributed by atoms with E-state index in [1.807, 2.05) is 23.0 Å². The molecular formula is C22H24I2N7O2+. The first-order valence-electron chi connectivity index (χ1n) is 11.1. The summed E-state index contributed by atoms with van der Waals surface area (Å²) >= 11 is 4.41. The maximum Gasteiger partial charge on any atom is 0.293 e. The Hall–Kier alpha value is -1.26. The second-order valence-electron chi connectivity index (χ2n) is 9.44. The van der Waals surface area contributed by atoms with E-state index in [1.165, 1.54) is 0 Å². The third kappa shape index (κ3) is 3.45. The van der Waals surface area contributed by atoms with Gasteiger partial charge in [-0.25, -0.2) is 4.98 Å². The number of aliphatic hydroxyl groups is 2. The first-order chi connectivity index (χ1) is 15.9. The Bertz CT molecular complexity index is 1240. The lowest BCUT2D eigenvalue weighted by atomic mass is 9.64. The number of aromatic nitrogens is 3. The summed E-state index contributed by atoms with van der Waals surface area (Å²) in [7, 11) is 0. The van der Waals surface area contributed by atoms with Gasteiger partial charge in [0, 0.05) is 46.8 Å². The molecule has 0 amide bonds. The number of halogens is 2. The molecule has 0 saturated heterocycles. The molecule has 0 radical (unpaired) electrons. The normalized spacial score (nSPS) is 34.6. The Morgan fingerprint density at radius 2 is 1.79 bits per heavy atom. The van der Waals surface area contributed by atoms with Crippen molar-refractivity contribution >= 4 is 60.8 Å². The van der Waals surface area contributed by atoms with Crippen LogP contribution < -0.4 is 5.84 Å². The van der Waals surface area contributed by atoms with Crippen LogP contribution in [0.25, 0.3) is 5.52 Å². The van der Waals surface area contributed by atoms with Crippen molar-refractivity contribution in [1.29, 1.82) is 0 Å². The largest absolute Gasteiger partial charge is 0.390 e. The lowest BCUT2D eigenvalue weighted by Crippen LogP contribution is -2.51. The van der Waals surface area contributed by atoms with Crippen LogP contribution in [0.1, 0.15) is 37.3 Å². The average Bonchev–Trinajstić information content (AvgIpc) is 3.20. The number of quaternary nitrogens is 1. The zero-order chi connectivity index (χ0) is 22.9. The van der Waals surface area contributed by atoms with Gasteiger partial charge in [-0.1, -0.05) is 0 Å². The Labute approximate surface area is 218 Å². The predicted molar refractivity (Wildman–Crippen MR) is 140 cm³/mol. The number of imidazole rings is 1. The molecule has 0 spiro atoms. The third-order valence-corrected chi connectivity index (χ3v) is 9.43. The fourth-order valence-electron chi connectivity index (χ4n) is 5.50. The molecule has 4 heterocycles. The summed E-state index contributed by atoms with van der Waals surface area (Å²) in [5.74, 6) is 7.17. The number of amidine groups is 1. The van der Waals surface area contributed by atoms with Gasteiger partial charge in [-0.3, -0.25) is 14.4 Å². The van der Waals surface area contributed by atoms with E-state index in [1.54, 1.807) is 18.6 Å². The van der Waals surface area contributed by atoms with Crippen molar-refractivity contribution in [3.8, 4) is 0 Å². The summed E-state index contributed by atoms with van der Waals surface area (Å²) in [6.45, 7) is 0. The van der Waals surface area contributed by atoms with E-state index in [0.29, 0.717) is 5.92 Å². The van der Waals surface area contributed by atoms with Crippen LogP contribution in [-0.4, -0.2) is 51.4 Å². The van der Waals surface area contributed by atoms with Crippen molar-refractivity contribution in [2.24, 2.45) is 33.6 Å². The van der Waals surface area contributed by atoms with E-state index >= 15 is 0 Å². The zero-order valence-electron chi connectivity index (χ0n) is 17.7. The fourth-order valence-corrected chi connectivity index (χ4v) is 6.86. The first kappa shape index (κ1) is 22.2. The molecule has 3 unspecified atom stereocenters. The molecule has 11 heteroatoms. The predicted octanol–water partition coefficient (Wildman–Crippen LogP) is 2.84. The van der Waals surface area contributed by atoms with Crippen molar-refractivity contribution in [1.82, 2.24) is 14.4 Å². The fraction of sp³-hybridized carbons (Fsp3) is 0.455. The molecule has 2 aliphatic heterocycles. The van der Waals surface area contributed by atoms with Crippen molar-refractivity contribution < 1.29 is 14.8 Å². The van der Waals surface area contributed by atoms with Crippen molar-refractivity contribution in [3.63, 3.8) is 0 Å². The van der Waals surface area contributed by atoms with E-state index in [0.717, 1.165) is 56.0 Å². The van der Waals surface area contributed by atoms with Crippen LogP contribution in [0.15, 0.2) is 52.4 Å². The molecule has 172 valence electrons. The van der Waals surface area contributed by atoms with E-state index < -0.39 is 12.2 Å². The lowest BCUT2D eigenvalue weighted by Gasteiger charge is -2.44. The molecule has 9 nitrogen and oxygen atoms in total. The minimum atomic E-state index is -0.722. The summed E-state index contributed by atoms with van der Waals surface area (Å²) in [6, 6.07) is 0. The van der Waals surface area contributed by atoms with Crippen molar-refractivity contribution in [2.75, 3.05) is 0 Å². The molecule has 2 aromatic rings. The summed E-state index contributed by atoms with van der Waals surface area (Å²) in [5, 5.41) is 21.8. The Morgan fingerprint density at radius 1 is 1.09 bits per heavy atom. The topological polar surface area (TPSA) is 121 Å². The highest BCUT2D eigenvalue weighted by Gasteiger charge is 2.50. The SMILES string of the molecule is N[N+]12C=CN=CC1=C(C1CC(C(O)C(O)C3CC(c4nc(I)n5ccncc45)C3)C1)N=C2I. The maximum absolute atomic E-state index is 10.9. The zero-order valence-corrected chi connectivity index (χ0v) is 22.0. The van der Waals surface area contributed by atoms with Gasteiger partial charge in [0.1, 0.15) is 11.9 Å². The van der Waals surface area contributed by atoms with Gasteiger partial charge in [0.25, 0.3) is 3.84 Å². The Morgan fingerprint density at radius 3 is 2.52 bits per heavy atom. The summed E-state index contributed by atoms with van der Waals surface area (Å²) in [5.41, 5.74) is 3.94. The van der Waals surface area contributed by atoms with Crippen LogP contribution in [0, 0.1) is 21.6 Å². The number of allylic oxidation sites excluding steroid dienone is 2. The third-order valence-electron chi connectivity index (χ3n) is 7.63. The number of aliphatic imine (C=N–C) groups is 2. The highest BCUT2D eigenvalue weighted by atomic mass is 127. The molecule has 2 saturated carbocycles. The number of hydrogen-bond donors (Lipinski definition) is 3. The van der Waals surface area contributed by atoms with Gasteiger partial charge in [-0.2, -0.15) is 10.8 Å². The second kappa shape index (κ2) is 8.16. The van der Waals surface area contributed by atoms with Gasteiger partial charge >= 0.3 is 0 Å². The number of rotatable bonds is 5. The molecule has 3 atom stereocenters. The number of aliphatic hydroxyl groups excluding tert-OH is 2. The molecule has 0 bridgehead atoms. The molecule has 2 aromatic heterocycles. The summed E-state index contributed by atoms with van der Waals surface area (Å²) in [4.78, 5) is 17.9. The van der Waals surface area contributed by atoms with Crippen LogP contribution in [0.4, 0.5) is 0 Å². The molecule has 2 aliphatic carbocycles. The van der Waals surface area contributed by atoms with Crippen LogP contribution >= 0.6 is 45.2 Å². The van der Waals surface area contributed by atoms with E-state index in [2.05, 4.69) is 55.2 Å². The van der Waals surface area contributed by atoms with Gasteiger partial charge in [-0.15, -0.1) is 4.59 Å². The average molecular weight is 672 g/mol. The van der Waals surface area contributed by atoms with Crippen LogP contribution in [0.5, 0.6) is 0 Å². The van der Waals surface area contributed by atoms with Crippen molar-refractivity contribution in [3.05, 3.63) is 51.9 Å². The number of nitrogens with zero attached hydrogens (tertiary/aromatic N) is 6. The molecule has 0 aromatic carbocycles. The van der Waals surface area contributed by atoms with Crippen LogP contribution in [-0.2, 0) is 0 Å². The van der Waals surface area contributed by atoms with Crippen LogP contribution in [0.2, 0.25) is 0 Å². The Balaban J connectivity index is 1.08. The van der Waals surface area contributed by atoms with Crippen LogP contribution in [0.3, 0.4) is 0 Å². The monoisotopic (exact) mass is 672 g/mol. The molecule has 4 aliphatic rings. The van der Waals surface area contributed by atoms with Gasteiger partial charge in [0.15, 0.2) is 3.83 Å². The smallest absolute Gasteiger partial charge is 0.293 e. The lowest BCUT2D eigenvalue weighted by molar-refractivity contribution is -0.745. The molecular weight excluding hydrogens is 648 g/mol. The number of nitrogens with two attached hydrogens (primary N) is 1.